The first kappa shape index (κ1) is 33.5. The summed E-state index contributed by atoms with van der Waals surface area (Å²) in [6.45, 7) is 3.94. The summed E-state index contributed by atoms with van der Waals surface area (Å²) in [6.07, 6.45) is 1.63. The third kappa shape index (κ3) is 14.6. The summed E-state index contributed by atoms with van der Waals surface area (Å²) in [7, 11) is 0. The van der Waals surface area contributed by atoms with E-state index in [0.29, 0.717) is 25.8 Å². The highest BCUT2D eigenvalue weighted by molar-refractivity contribution is 5.94. The van der Waals surface area contributed by atoms with Crippen molar-refractivity contribution in [3.63, 3.8) is 0 Å². The number of carboxylic acids is 1. The van der Waals surface area contributed by atoms with Gasteiger partial charge < -0.3 is 49.7 Å². The number of unbranched alkanes of at least 4 members (excludes halogenated alkanes) is 1. The van der Waals surface area contributed by atoms with Crippen molar-refractivity contribution in [3.05, 3.63) is 0 Å². The number of carbonyl (C=O) groups excluding carboxylic acids is 4. The molecule has 0 saturated carbocycles. The number of nitrogens with one attached hydrogen (secondary N) is 3. The normalized spacial score (nSPS) is 14.1. The number of amides is 4. The Hall–Kier alpha value is -3.46. The van der Waals surface area contributed by atoms with Gasteiger partial charge in [0.1, 0.15) is 18.1 Å². The lowest BCUT2D eigenvalue weighted by atomic mass is 10.0. The smallest absolute Gasteiger partial charge is 0.326 e. The predicted octanol–water partition coefficient (Wildman–Crippen LogP) is -3.04. The van der Waals surface area contributed by atoms with E-state index in [-0.39, 0.29) is 38.2 Å². The maximum Gasteiger partial charge on any atom is 0.326 e. The third-order valence-electron chi connectivity index (χ3n) is 5.43. The van der Waals surface area contributed by atoms with Crippen molar-refractivity contribution in [2.24, 2.45) is 39.6 Å². The molecule has 0 aliphatic heterocycles. The molecule has 0 aliphatic rings. The first-order valence-electron chi connectivity index (χ1n) is 12.2. The molecule has 15 nitrogen and oxygen atoms in total. The summed E-state index contributed by atoms with van der Waals surface area (Å²) < 4.78 is 0. The fourth-order valence-electron chi connectivity index (χ4n) is 3.28. The van der Waals surface area contributed by atoms with Crippen LogP contribution in [0.5, 0.6) is 0 Å². The van der Waals surface area contributed by atoms with E-state index >= 15 is 0 Å². The maximum absolute atomic E-state index is 13.1. The zero-order valence-electron chi connectivity index (χ0n) is 21.6. The highest BCUT2D eigenvalue weighted by Gasteiger charge is 2.31. The van der Waals surface area contributed by atoms with Crippen molar-refractivity contribution in [1.82, 2.24) is 16.0 Å². The van der Waals surface area contributed by atoms with Gasteiger partial charge >= 0.3 is 5.97 Å². The van der Waals surface area contributed by atoms with E-state index in [4.69, 9.17) is 28.7 Å². The molecule has 0 aromatic heterocycles. The molecule has 0 heterocycles. The fraction of sp³-hybridized carbons (Fsp3) is 0.727. The van der Waals surface area contributed by atoms with E-state index in [1.807, 2.05) is 0 Å². The molecule has 15 heteroatoms. The number of nitrogens with zero attached hydrogens (tertiary/aromatic N) is 1. The molecule has 0 spiro atoms. The number of nitrogens with two attached hydrogens (primary N) is 5. The van der Waals surface area contributed by atoms with Gasteiger partial charge in [-0.1, -0.05) is 13.8 Å². The average Bonchev–Trinajstić information content (AvgIpc) is 2.81. The second kappa shape index (κ2) is 17.9. The molecule has 37 heavy (non-hydrogen) atoms. The Balaban J connectivity index is 5.38. The van der Waals surface area contributed by atoms with Crippen LogP contribution in [0.3, 0.4) is 0 Å². The lowest BCUT2D eigenvalue weighted by Crippen LogP contribution is -2.58. The third-order valence-corrected chi connectivity index (χ3v) is 5.43. The summed E-state index contributed by atoms with van der Waals surface area (Å²) in [6, 6.07) is -4.38. The van der Waals surface area contributed by atoms with Crippen LogP contribution in [-0.4, -0.2) is 77.9 Å². The quantitative estimate of drug-likeness (QED) is 0.0463. The van der Waals surface area contributed by atoms with Gasteiger partial charge in [0.2, 0.25) is 23.6 Å². The molecule has 0 fully saturated rings. The minimum Gasteiger partial charge on any atom is -0.480 e. The Morgan fingerprint density at radius 2 is 1.41 bits per heavy atom. The van der Waals surface area contributed by atoms with Crippen LogP contribution in [0.1, 0.15) is 58.8 Å². The Bertz CT molecular complexity index is 802. The molecule has 0 radical (unpaired) electrons. The number of carbonyl (C=O) groups is 5. The molecule has 212 valence electrons. The van der Waals surface area contributed by atoms with Crippen LogP contribution in [0.15, 0.2) is 4.99 Å². The van der Waals surface area contributed by atoms with Crippen LogP contribution < -0.4 is 44.6 Å². The number of primary amides is 1. The number of hydrogen-bond acceptors (Lipinski definition) is 8. The summed E-state index contributed by atoms with van der Waals surface area (Å²) in [5, 5.41) is 17.1. The number of aliphatic imine (C=N–C) groups is 1. The molecule has 0 aromatic rings. The monoisotopic (exact) mass is 529 g/mol. The number of hydrogen-bond donors (Lipinski definition) is 9. The number of guanidine groups is 1. The molecule has 4 amide bonds. The molecule has 0 saturated heterocycles. The first-order valence-corrected chi connectivity index (χ1v) is 12.2. The average molecular weight is 530 g/mol. The topological polar surface area (TPSA) is 284 Å². The van der Waals surface area contributed by atoms with Crippen molar-refractivity contribution >= 4 is 35.6 Å². The summed E-state index contributed by atoms with van der Waals surface area (Å²) in [4.78, 5) is 64.8. The lowest BCUT2D eigenvalue weighted by molar-refractivity contribution is -0.142. The fourth-order valence-corrected chi connectivity index (χ4v) is 3.28. The Morgan fingerprint density at radius 1 is 0.811 bits per heavy atom. The second-order valence-electron chi connectivity index (χ2n) is 9.04. The summed E-state index contributed by atoms with van der Waals surface area (Å²) in [5.41, 5.74) is 26.9. The number of aliphatic carboxylic acids is 1. The Kier molecular flexibility index (Phi) is 16.2. The number of rotatable bonds is 19. The molecule has 4 unspecified atom stereocenters. The minimum absolute atomic E-state index is 0.00902. The van der Waals surface area contributed by atoms with E-state index in [1.54, 1.807) is 13.8 Å². The van der Waals surface area contributed by atoms with E-state index in [0.717, 1.165) is 0 Å². The van der Waals surface area contributed by atoms with Crippen LogP contribution >= 0.6 is 0 Å². The standard InChI is InChI=1S/C22H43N9O6/c1-12(2)17(20(35)30-15(21(36)37)7-5-11-28-22(26)27)31-19(34)14(6-3-4-10-23)29-18(33)13(24)8-9-16(25)32/h12-15,17H,3-11,23-24H2,1-2H3,(H2,25,32)(H,29,33)(H,30,35)(H,31,34)(H,36,37)(H4,26,27,28). The lowest BCUT2D eigenvalue weighted by Gasteiger charge is -2.27. The highest BCUT2D eigenvalue weighted by Crippen LogP contribution is 2.08. The van der Waals surface area contributed by atoms with Crippen LogP contribution in [0.2, 0.25) is 0 Å². The van der Waals surface area contributed by atoms with Crippen molar-refractivity contribution in [1.29, 1.82) is 0 Å². The zero-order valence-corrected chi connectivity index (χ0v) is 21.6. The molecular formula is C22H43N9O6. The SMILES string of the molecule is CC(C)C(NC(=O)C(CCCCN)NC(=O)C(N)CCC(N)=O)C(=O)NC(CCCN=C(N)N)C(=O)O. The van der Waals surface area contributed by atoms with Gasteiger partial charge in [-0.2, -0.15) is 0 Å². The van der Waals surface area contributed by atoms with Crippen LogP contribution in [-0.2, 0) is 24.0 Å². The van der Waals surface area contributed by atoms with Crippen molar-refractivity contribution in [2.45, 2.75) is 83.0 Å². The van der Waals surface area contributed by atoms with Gasteiger partial charge in [-0.25, -0.2) is 4.79 Å². The number of carboxylic acid groups (broad SMARTS) is 1. The van der Waals surface area contributed by atoms with Crippen LogP contribution in [0, 0.1) is 5.92 Å². The Morgan fingerprint density at radius 3 is 1.92 bits per heavy atom. The van der Waals surface area contributed by atoms with Crippen molar-refractivity contribution in [2.75, 3.05) is 13.1 Å². The van der Waals surface area contributed by atoms with Crippen molar-refractivity contribution in [3.8, 4) is 0 Å². The molecule has 0 aromatic carbocycles. The predicted molar refractivity (Wildman–Crippen MR) is 137 cm³/mol. The summed E-state index contributed by atoms with van der Waals surface area (Å²) in [5.74, 6) is -4.36. The molecule has 0 rings (SSSR count). The van der Waals surface area contributed by atoms with E-state index in [9.17, 15) is 29.1 Å². The van der Waals surface area contributed by atoms with E-state index in [2.05, 4.69) is 20.9 Å². The summed E-state index contributed by atoms with van der Waals surface area (Å²) >= 11 is 0. The zero-order chi connectivity index (χ0) is 28.5. The van der Waals surface area contributed by atoms with E-state index < -0.39 is 59.7 Å². The minimum atomic E-state index is -1.25. The first-order chi connectivity index (χ1) is 17.3. The highest BCUT2D eigenvalue weighted by atomic mass is 16.4. The van der Waals surface area contributed by atoms with E-state index in [1.165, 1.54) is 0 Å². The van der Waals surface area contributed by atoms with Gasteiger partial charge in [-0.3, -0.25) is 24.2 Å². The van der Waals surface area contributed by atoms with Crippen LogP contribution in [0.4, 0.5) is 0 Å². The molecule has 14 N–H and O–H groups in total. The van der Waals surface area contributed by atoms with Gasteiger partial charge in [0.15, 0.2) is 5.96 Å². The largest absolute Gasteiger partial charge is 0.480 e. The van der Waals surface area contributed by atoms with Gasteiger partial charge in [-0.05, 0) is 51.0 Å². The maximum atomic E-state index is 13.1. The van der Waals surface area contributed by atoms with Crippen LogP contribution in [0.25, 0.3) is 0 Å². The molecule has 0 aliphatic carbocycles. The van der Waals surface area contributed by atoms with Gasteiger partial charge in [0.05, 0.1) is 6.04 Å². The second-order valence-corrected chi connectivity index (χ2v) is 9.04. The Labute approximate surface area is 216 Å². The van der Waals surface area contributed by atoms with Gasteiger partial charge in [-0.15, -0.1) is 0 Å². The van der Waals surface area contributed by atoms with Gasteiger partial charge in [0, 0.05) is 13.0 Å². The van der Waals surface area contributed by atoms with Crippen molar-refractivity contribution < 1.29 is 29.1 Å². The molecule has 4 atom stereocenters. The molecule has 0 bridgehead atoms. The molecular weight excluding hydrogens is 486 g/mol. The van der Waals surface area contributed by atoms with Gasteiger partial charge in [0.25, 0.3) is 0 Å².